The molecule has 0 unspecified atom stereocenters. The number of carbonyl (C=O) groups is 1. The van der Waals surface area contributed by atoms with Crippen molar-refractivity contribution in [1.82, 2.24) is 10.3 Å². The highest BCUT2D eigenvalue weighted by Gasteiger charge is 2.41. The minimum atomic E-state index is -0.0323. The van der Waals surface area contributed by atoms with E-state index < -0.39 is 0 Å². The number of hydrogen-bond acceptors (Lipinski definition) is 4. The monoisotopic (exact) mass is 272 g/mol. The first-order valence-electron chi connectivity index (χ1n) is 5.61. The van der Waals surface area contributed by atoms with Gasteiger partial charge in [-0.05, 0) is 32.0 Å². The smallest absolute Gasteiger partial charge is 0.225 e. The molecule has 17 heavy (non-hydrogen) atoms. The molecule has 2 rings (SSSR count). The summed E-state index contributed by atoms with van der Waals surface area (Å²) in [6.45, 7) is 2.66. The van der Waals surface area contributed by atoms with Crippen LogP contribution in [0.3, 0.4) is 0 Å². The van der Waals surface area contributed by atoms with E-state index in [9.17, 15) is 4.79 Å². The fraction of sp³-hybridized carbons (Fsp3) is 0.636. The number of carbonyl (C=O) groups excluding carboxylic acids is 1. The number of nitrogens with one attached hydrogen (secondary N) is 2. The third kappa shape index (κ3) is 3.14. The molecule has 0 spiro atoms. The van der Waals surface area contributed by atoms with E-state index in [1.165, 1.54) is 11.3 Å². The number of thiazole rings is 1. The molecular formula is C11H16N2O2S2. The van der Waals surface area contributed by atoms with Crippen LogP contribution in [0.1, 0.15) is 23.4 Å². The van der Waals surface area contributed by atoms with Gasteiger partial charge in [-0.3, -0.25) is 4.79 Å². The van der Waals surface area contributed by atoms with Crippen molar-refractivity contribution < 1.29 is 9.90 Å². The van der Waals surface area contributed by atoms with Crippen LogP contribution in [0.2, 0.25) is 0 Å². The van der Waals surface area contributed by atoms with Gasteiger partial charge >= 0.3 is 0 Å². The topological polar surface area (TPSA) is 65.1 Å². The Labute approximate surface area is 109 Å². The van der Waals surface area contributed by atoms with Gasteiger partial charge in [0.05, 0.1) is 13.0 Å². The van der Waals surface area contributed by atoms with Crippen molar-refractivity contribution in [2.24, 2.45) is 5.41 Å². The van der Waals surface area contributed by atoms with E-state index in [1.54, 1.807) is 0 Å². The Morgan fingerprint density at radius 1 is 1.65 bits per heavy atom. The minimum absolute atomic E-state index is 0.00178. The summed E-state index contributed by atoms with van der Waals surface area (Å²) in [5.74, 6) is -0.00178. The normalized spacial score (nSPS) is 16.8. The summed E-state index contributed by atoms with van der Waals surface area (Å²) in [5, 5.41) is 12.0. The van der Waals surface area contributed by atoms with E-state index in [4.69, 9.17) is 17.3 Å². The first-order valence-corrected chi connectivity index (χ1v) is 6.83. The van der Waals surface area contributed by atoms with Crippen LogP contribution in [0.25, 0.3) is 0 Å². The predicted octanol–water partition coefficient (Wildman–Crippen LogP) is 1.55. The Morgan fingerprint density at radius 3 is 2.82 bits per heavy atom. The summed E-state index contributed by atoms with van der Waals surface area (Å²) in [6.07, 6.45) is 2.38. The number of rotatable bonds is 5. The Bertz CT molecular complexity index is 474. The maximum atomic E-state index is 11.7. The number of aliphatic hydroxyl groups excluding tert-OH is 1. The van der Waals surface area contributed by atoms with Gasteiger partial charge in [-0.2, -0.15) is 0 Å². The maximum Gasteiger partial charge on any atom is 0.225 e. The fourth-order valence-electron chi connectivity index (χ4n) is 1.67. The second-order valence-corrected chi connectivity index (χ2v) is 6.45. The molecule has 1 heterocycles. The summed E-state index contributed by atoms with van der Waals surface area (Å²) in [7, 11) is 0. The van der Waals surface area contributed by atoms with E-state index in [2.05, 4.69) is 10.3 Å². The average molecular weight is 272 g/mol. The molecule has 94 valence electrons. The Hall–Kier alpha value is -0.720. The minimum Gasteiger partial charge on any atom is -0.396 e. The molecule has 1 aromatic heterocycles. The second-order valence-electron chi connectivity index (χ2n) is 4.67. The van der Waals surface area contributed by atoms with Gasteiger partial charge in [0.15, 0.2) is 3.95 Å². The molecule has 1 amide bonds. The maximum absolute atomic E-state index is 11.7. The Balaban J connectivity index is 1.85. The number of aromatic amines is 1. The molecule has 1 aliphatic rings. The summed E-state index contributed by atoms with van der Waals surface area (Å²) in [6, 6.07) is 0. The number of H-pyrrole nitrogens is 1. The molecule has 1 saturated carbocycles. The summed E-state index contributed by atoms with van der Waals surface area (Å²) in [4.78, 5) is 15.7. The highest BCUT2D eigenvalue weighted by molar-refractivity contribution is 7.73. The lowest BCUT2D eigenvalue weighted by atomic mass is 10.1. The van der Waals surface area contributed by atoms with Gasteiger partial charge < -0.3 is 15.4 Å². The van der Waals surface area contributed by atoms with Crippen LogP contribution in [0.5, 0.6) is 0 Å². The second kappa shape index (κ2) is 4.88. The lowest BCUT2D eigenvalue weighted by molar-refractivity contribution is -0.120. The number of amides is 1. The van der Waals surface area contributed by atoms with Crippen molar-refractivity contribution in [3.8, 4) is 0 Å². The Morgan fingerprint density at radius 2 is 2.35 bits per heavy atom. The summed E-state index contributed by atoms with van der Waals surface area (Å²) < 4.78 is 0.708. The summed E-state index contributed by atoms with van der Waals surface area (Å²) >= 11 is 6.47. The van der Waals surface area contributed by atoms with Crippen LogP contribution in [0.15, 0.2) is 0 Å². The standard InChI is InChI=1S/C11H16N2O2S2/c1-7-8(17-10(16)13-7)4-9(15)12-5-11(6-14)2-3-11/h14H,2-6H2,1H3,(H,12,15)(H,13,16). The van der Waals surface area contributed by atoms with Crippen LogP contribution < -0.4 is 5.32 Å². The van der Waals surface area contributed by atoms with Gasteiger partial charge in [-0.1, -0.05) is 0 Å². The zero-order valence-electron chi connectivity index (χ0n) is 9.71. The van der Waals surface area contributed by atoms with Gasteiger partial charge in [-0.15, -0.1) is 11.3 Å². The van der Waals surface area contributed by atoms with Crippen molar-refractivity contribution >= 4 is 29.5 Å². The molecule has 0 aromatic carbocycles. The average Bonchev–Trinajstić information content (AvgIpc) is 2.99. The SMILES string of the molecule is Cc1[nH]c(=S)sc1CC(=O)NCC1(CO)CC1. The molecule has 1 aromatic rings. The molecule has 4 nitrogen and oxygen atoms in total. The first-order chi connectivity index (χ1) is 8.04. The van der Waals surface area contributed by atoms with Crippen molar-refractivity contribution in [3.05, 3.63) is 14.5 Å². The van der Waals surface area contributed by atoms with Gasteiger partial charge in [0, 0.05) is 22.5 Å². The van der Waals surface area contributed by atoms with Crippen molar-refractivity contribution in [3.63, 3.8) is 0 Å². The third-order valence-electron chi connectivity index (χ3n) is 3.20. The first kappa shape index (κ1) is 12.7. The van der Waals surface area contributed by atoms with Crippen molar-refractivity contribution in [2.45, 2.75) is 26.2 Å². The number of aliphatic hydroxyl groups is 1. The lowest BCUT2D eigenvalue weighted by Crippen LogP contribution is -2.32. The van der Waals surface area contributed by atoms with Crippen LogP contribution in [0.4, 0.5) is 0 Å². The number of aromatic nitrogens is 1. The van der Waals surface area contributed by atoms with Gasteiger partial charge in [0.25, 0.3) is 0 Å². The fourth-order valence-corrected chi connectivity index (χ4v) is 2.96. The van der Waals surface area contributed by atoms with E-state index in [1.807, 2.05) is 6.92 Å². The zero-order chi connectivity index (χ0) is 12.5. The van der Waals surface area contributed by atoms with Crippen molar-refractivity contribution in [2.75, 3.05) is 13.2 Å². The van der Waals surface area contributed by atoms with E-state index >= 15 is 0 Å². The van der Waals surface area contributed by atoms with Gasteiger partial charge in [0.2, 0.25) is 5.91 Å². The largest absolute Gasteiger partial charge is 0.396 e. The van der Waals surface area contributed by atoms with E-state index in [0.29, 0.717) is 16.9 Å². The van der Waals surface area contributed by atoms with Crippen LogP contribution >= 0.6 is 23.6 Å². The molecule has 0 radical (unpaired) electrons. The molecule has 6 heteroatoms. The molecule has 1 aliphatic carbocycles. The van der Waals surface area contributed by atoms with Crippen molar-refractivity contribution in [1.29, 1.82) is 0 Å². The lowest BCUT2D eigenvalue weighted by Gasteiger charge is -2.12. The molecule has 1 fully saturated rings. The zero-order valence-corrected chi connectivity index (χ0v) is 11.3. The van der Waals surface area contributed by atoms with Gasteiger partial charge in [-0.25, -0.2) is 0 Å². The van der Waals surface area contributed by atoms with E-state index in [-0.39, 0.29) is 17.9 Å². The van der Waals surface area contributed by atoms with E-state index in [0.717, 1.165) is 23.4 Å². The molecule has 0 saturated heterocycles. The molecule has 0 atom stereocenters. The highest BCUT2D eigenvalue weighted by Crippen LogP contribution is 2.44. The predicted molar refractivity (Wildman–Crippen MR) is 69.7 cm³/mol. The van der Waals surface area contributed by atoms with Crippen LogP contribution in [0, 0.1) is 16.3 Å². The number of aryl methyl sites for hydroxylation is 1. The highest BCUT2D eigenvalue weighted by atomic mass is 32.1. The van der Waals surface area contributed by atoms with Gasteiger partial charge in [0.1, 0.15) is 0 Å². The van der Waals surface area contributed by atoms with Crippen LogP contribution in [-0.2, 0) is 11.2 Å². The number of hydrogen-bond donors (Lipinski definition) is 3. The quantitative estimate of drug-likeness (QED) is 0.713. The molecular weight excluding hydrogens is 256 g/mol. The molecule has 0 aliphatic heterocycles. The summed E-state index contributed by atoms with van der Waals surface area (Å²) in [5.41, 5.74) is 0.938. The third-order valence-corrected chi connectivity index (χ3v) is 4.53. The van der Waals surface area contributed by atoms with Crippen LogP contribution in [-0.4, -0.2) is 29.1 Å². The Kier molecular flexibility index (Phi) is 3.65. The molecule has 0 bridgehead atoms. The molecule has 3 N–H and O–H groups in total.